The van der Waals surface area contributed by atoms with E-state index in [9.17, 15) is 4.79 Å². The Bertz CT molecular complexity index is 769. The summed E-state index contributed by atoms with van der Waals surface area (Å²) in [7, 11) is 2.15. The second-order valence-corrected chi connectivity index (χ2v) is 7.16. The van der Waals surface area contributed by atoms with Crippen LogP contribution in [0.5, 0.6) is 0 Å². The number of aryl methyl sites for hydroxylation is 1. The topological polar surface area (TPSA) is 45.9 Å². The van der Waals surface area contributed by atoms with E-state index in [0.717, 1.165) is 30.4 Å². The Balaban J connectivity index is 1.66. The fourth-order valence-electron chi connectivity index (χ4n) is 4.23. The third-order valence-electron chi connectivity index (χ3n) is 5.72. The maximum atomic E-state index is 13.3. The van der Waals surface area contributed by atoms with Gasteiger partial charge in [0.15, 0.2) is 0 Å². The molecule has 1 aromatic heterocycles. The van der Waals surface area contributed by atoms with Crippen LogP contribution in [-0.4, -0.2) is 61.1 Å². The standard InChI is InChI=1S/C20H26N2O3/c1-3-14-6-7-19-15(11-14)16(12-25-19)20(23)22-9-10-24-13-18(22)17-5-4-8-21(17)2/h6-7,11-12,17-18H,3-5,8-10,13H2,1-2H3/t17-,18+/m1/s1. The molecule has 0 saturated carbocycles. The van der Waals surface area contributed by atoms with Gasteiger partial charge in [0.05, 0.1) is 24.8 Å². The first-order chi connectivity index (χ1) is 12.2. The second kappa shape index (κ2) is 6.81. The fourth-order valence-corrected chi connectivity index (χ4v) is 4.23. The summed E-state index contributed by atoms with van der Waals surface area (Å²) in [6.07, 6.45) is 4.88. The van der Waals surface area contributed by atoms with Crippen LogP contribution in [0.3, 0.4) is 0 Å². The predicted octanol–water partition coefficient (Wildman–Crippen LogP) is 2.93. The van der Waals surface area contributed by atoms with E-state index in [0.29, 0.717) is 31.4 Å². The van der Waals surface area contributed by atoms with E-state index in [2.05, 4.69) is 31.0 Å². The monoisotopic (exact) mass is 342 g/mol. The lowest BCUT2D eigenvalue weighted by molar-refractivity contribution is -0.0232. The molecule has 2 aromatic rings. The summed E-state index contributed by atoms with van der Waals surface area (Å²) < 4.78 is 11.4. The van der Waals surface area contributed by atoms with Gasteiger partial charge in [0.25, 0.3) is 5.91 Å². The van der Waals surface area contributed by atoms with Gasteiger partial charge in [-0.25, -0.2) is 0 Å². The largest absolute Gasteiger partial charge is 0.463 e. The fraction of sp³-hybridized carbons (Fsp3) is 0.550. The molecule has 1 aromatic carbocycles. The Hall–Kier alpha value is -1.85. The van der Waals surface area contributed by atoms with Crippen molar-refractivity contribution in [1.29, 1.82) is 0 Å². The number of fused-ring (bicyclic) bond motifs is 1. The molecular formula is C20H26N2O3. The van der Waals surface area contributed by atoms with E-state index in [1.54, 1.807) is 6.26 Å². The smallest absolute Gasteiger partial charge is 0.258 e. The third kappa shape index (κ3) is 2.96. The quantitative estimate of drug-likeness (QED) is 0.860. The molecule has 2 saturated heterocycles. The van der Waals surface area contributed by atoms with Crippen LogP contribution in [0.2, 0.25) is 0 Å². The van der Waals surface area contributed by atoms with Crippen molar-refractivity contribution < 1.29 is 13.9 Å². The molecule has 2 fully saturated rings. The number of ether oxygens (including phenoxy) is 1. The number of likely N-dealkylation sites (N-methyl/N-ethyl adjacent to an activating group) is 1. The normalized spacial score (nSPS) is 25.0. The van der Waals surface area contributed by atoms with Gasteiger partial charge in [0.1, 0.15) is 11.8 Å². The summed E-state index contributed by atoms with van der Waals surface area (Å²) in [6.45, 7) is 5.09. The summed E-state index contributed by atoms with van der Waals surface area (Å²) in [5.74, 6) is 0.0700. The first kappa shape index (κ1) is 16.6. The molecule has 0 bridgehead atoms. The minimum Gasteiger partial charge on any atom is -0.463 e. The number of amides is 1. The van der Waals surface area contributed by atoms with E-state index in [1.807, 2.05) is 11.0 Å². The highest BCUT2D eigenvalue weighted by atomic mass is 16.5. The average molecular weight is 342 g/mol. The summed E-state index contributed by atoms with van der Waals surface area (Å²) in [6, 6.07) is 6.61. The van der Waals surface area contributed by atoms with Crippen molar-refractivity contribution in [2.75, 3.05) is 33.4 Å². The summed E-state index contributed by atoms with van der Waals surface area (Å²) >= 11 is 0. The van der Waals surface area contributed by atoms with Crippen molar-refractivity contribution in [3.05, 3.63) is 35.6 Å². The molecule has 5 nitrogen and oxygen atoms in total. The molecule has 3 heterocycles. The number of likely N-dealkylation sites (tertiary alicyclic amines) is 1. The van der Waals surface area contributed by atoms with Crippen molar-refractivity contribution in [1.82, 2.24) is 9.80 Å². The zero-order valence-electron chi connectivity index (χ0n) is 15.0. The van der Waals surface area contributed by atoms with Crippen molar-refractivity contribution in [2.24, 2.45) is 0 Å². The van der Waals surface area contributed by atoms with E-state index in [4.69, 9.17) is 9.15 Å². The van der Waals surface area contributed by atoms with Crippen LogP contribution in [0.1, 0.15) is 35.7 Å². The SMILES string of the molecule is CCc1ccc2occ(C(=O)N3CCOC[C@H]3[C@H]3CCCN3C)c2c1. The van der Waals surface area contributed by atoms with Crippen molar-refractivity contribution >= 4 is 16.9 Å². The minimum absolute atomic E-state index is 0.0700. The number of carbonyl (C=O) groups excluding carboxylic acids is 1. The Kier molecular flexibility index (Phi) is 4.52. The Morgan fingerprint density at radius 3 is 2.92 bits per heavy atom. The summed E-state index contributed by atoms with van der Waals surface area (Å²) in [5, 5.41) is 0.925. The van der Waals surface area contributed by atoms with Gasteiger partial charge in [0, 0.05) is 18.0 Å². The third-order valence-corrected chi connectivity index (χ3v) is 5.72. The molecular weight excluding hydrogens is 316 g/mol. The molecule has 1 amide bonds. The summed E-state index contributed by atoms with van der Waals surface area (Å²) in [5.41, 5.74) is 2.68. The van der Waals surface area contributed by atoms with Crippen molar-refractivity contribution in [3.8, 4) is 0 Å². The minimum atomic E-state index is 0.0700. The molecule has 134 valence electrons. The van der Waals surface area contributed by atoms with Crippen LogP contribution in [0, 0.1) is 0 Å². The number of benzene rings is 1. The highest BCUT2D eigenvalue weighted by Crippen LogP contribution is 2.28. The number of morpholine rings is 1. The van der Waals surface area contributed by atoms with Gasteiger partial charge in [-0.2, -0.15) is 0 Å². The molecule has 0 radical (unpaired) electrons. The first-order valence-corrected chi connectivity index (χ1v) is 9.28. The lowest BCUT2D eigenvalue weighted by Gasteiger charge is -2.41. The van der Waals surface area contributed by atoms with Crippen molar-refractivity contribution in [3.63, 3.8) is 0 Å². The molecule has 2 atom stereocenters. The zero-order chi connectivity index (χ0) is 17.4. The predicted molar refractivity (Wildman–Crippen MR) is 96.9 cm³/mol. The Morgan fingerprint density at radius 1 is 1.28 bits per heavy atom. The van der Waals surface area contributed by atoms with Crippen LogP contribution in [0.4, 0.5) is 0 Å². The second-order valence-electron chi connectivity index (χ2n) is 7.16. The number of rotatable bonds is 3. The van der Waals surface area contributed by atoms with Gasteiger partial charge in [0.2, 0.25) is 0 Å². The highest BCUT2D eigenvalue weighted by molar-refractivity contribution is 6.06. The van der Waals surface area contributed by atoms with E-state index < -0.39 is 0 Å². The number of hydrogen-bond acceptors (Lipinski definition) is 4. The lowest BCUT2D eigenvalue weighted by atomic mass is 10.0. The molecule has 0 spiro atoms. The van der Waals surface area contributed by atoms with Crippen LogP contribution in [0.15, 0.2) is 28.9 Å². The van der Waals surface area contributed by atoms with Gasteiger partial charge < -0.3 is 19.0 Å². The average Bonchev–Trinajstić information content (AvgIpc) is 3.26. The first-order valence-electron chi connectivity index (χ1n) is 9.28. The number of furan rings is 1. The molecule has 2 aliphatic heterocycles. The van der Waals surface area contributed by atoms with Gasteiger partial charge in [-0.1, -0.05) is 13.0 Å². The molecule has 5 heteroatoms. The van der Waals surface area contributed by atoms with Gasteiger partial charge in [-0.05, 0) is 50.6 Å². The van der Waals surface area contributed by atoms with Crippen molar-refractivity contribution in [2.45, 2.75) is 38.3 Å². The van der Waals surface area contributed by atoms with Crippen LogP contribution in [-0.2, 0) is 11.2 Å². The molecule has 25 heavy (non-hydrogen) atoms. The van der Waals surface area contributed by atoms with Gasteiger partial charge in [-0.15, -0.1) is 0 Å². The number of hydrogen-bond donors (Lipinski definition) is 0. The maximum Gasteiger partial charge on any atom is 0.258 e. The van der Waals surface area contributed by atoms with Gasteiger partial charge >= 0.3 is 0 Å². The van der Waals surface area contributed by atoms with E-state index >= 15 is 0 Å². The number of nitrogens with zero attached hydrogens (tertiary/aromatic N) is 2. The molecule has 4 rings (SSSR count). The van der Waals surface area contributed by atoms with Crippen LogP contribution < -0.4 is 0 Å². The highest BCUT2D eigenvalue weighted by Gasteiger charge is 2.38. The number of carbonyl (C=O) groups is 1. The van der Waals surface area contributed by atoms with Gasteiger partial charge in [-0.3, -0.25) is 4.79 Å². The molecule has 0 unspecified atom stereocenters. The maximum absolute atomic E-state index is 13.3. The van der Waals surface area contributed by atoms with E-state index in [1.165, 1.54) is 12.0 Å². The Morgan fingerprint density at radius 2 is 2.16 bits per heavy atom. The van der Waals surface area contributed by atoms with Crippen LogP contribution in [0.25, 0.3) is 11.0 Å². The zero-order valence-corrected chi connectivity index (χ0v) is 15.0. The van der Waals surface area contributed by atoms with E-state index in [-0.39, 0.29) is 11.9 Å². The lowest BCUT2D eigenvalue weighted by Crippen LogP contribution is -2.56. The molecule has 2 aliphatic rings. The summed E-state index contributed by atoms with van der Waals surface area (Å²) in [4.78, 5) is 17.7. The molecule has 0 aliphatic carbocycles. The Labute approximate surface area is 148 Å². The van der Waals surface area contributed by atoms with Crippen LogP contribution >= 0.6 is 0 Å². The molecule has 0 N–H and O–H groups in total.